The van der Waals surface area contributed by atoms with E-state index in [0.29, 0.717) is 0 Å². The lowest BCUT2D eigenvalue weighted by Crippen LogP contribution is -2.41. The van der Waals surface area contributed by atoms with E-state index in [1.54, 1.807) is 11.3 Å². The Hall–Kier alpha value is -0.580. The third-order valence-electron chi connectivity index (χ3n) is 2.60. The summed E-state index contributed by atoms with van der Waals surface area (Å²) < 4.78 is 0. The average molecular weight is 211 g/mol. The maximum atomic E-state index is 5.81. The summed E-state index contributed by atoms with van der Waals surface area (Å²) in [6, 6.07) is 1.97. The van der Waals surface area contributed by atoms with E-state index in [2.05, 4.69) is 10.4 Å². The van der Waals surface area contributed by atoms with Crippen molar-refractivity contribution in [3.63, 3.8) is 0 Å². The highest BCUT2D eigenvalue weighted by Gasteiger charge is 2.09. The summed E-state index contributed by atoms with van der Waals surface area (Å²) in [6.07, 6.45) is 4.00. The monoisotopic (exact) mass is 211 g/mol. The Morgan fingerprint density at radius 2 is 2.14 bits per heavy atom. The summed E-state index contributed by atoms with van der Waals surface area (Å²) in [5.41, 5.74) is 10.2. The zero-order valence-corrected chi connectivity index (χ0v) is 9.15. The molecular formula is C10H17N3S. The smallest absolute Gasteiger partial charge is 0.0469 e. The van der Waals surface area contributed by atoms with E-state index in [-0.39, 0.29) is 0 Å². The van der Waals surface area contributed by atoms with Crippen LogP contribution in [0.25, 0.3) is 0 Å². The molecule has 14 heavy (non-hydrogen) atoms. The first-order chi connectivity index (χ1) is 6.86. The number of piperidine rings is 1. The van der Waals surface area contributed by atoms with Crippen LogP contribution in [0.3, 0.4) is 0 Å². The molecule has 1 aliphatic heterocycles. The number of rotatable bonds is 3. The van der Waals surface area contributed by atoms with Crippen LogP contribution in [-0.4, -0.2) is 18.1 Å². The van der Waals surface area contributed by atoms with Crippen molar-refractivity contribution in [2.24, 2.45) is 0 Å². The van der Waals surface area contributed by atoms with Crippen molar-refractivity contribution >= 4 is 17.0 Å². The zero-order valence-electron chi connectivity index (χ0n) is 8.33. The molecule has 1 saturated heterocycles. The molecule has 0 amide bonds. The maximum Gasteiger partial charge on any atom is 0.0469 e. The van der Waals surface area contributed by atoms with E-state index in [1.807, 2.05) is 11.4 Å². The van der Waals surface area contributed by atoms with E-state index in [9.17, 15) is 0 Å². The minimum Gasteiger partial charge on any atom is -0.398 e. The molecule has 78 valence electrons. The van der Waals surface area contributed by atoms with Gasteiger partial charge < -0.3 is 5.73 Å². The molecule has 3 nitrogen and oxygen atoms in total. The standard InChI is InChI=1S/C10H17N3S/c11-9-4-7-14-10(9)8-12-13-5-2-1-3-6-13/h4,7,12H,1-3,5-6,8,11H2. The van der Waals surface area contributed by atoms with Gasteiger partial charge in [0.2, 0.25) is 0 Å². The number of hydrogen-bond donors (Lipinski definition) is 2. The number of nitrogens with zero attached hydrogens (tertiary/aromatic N) is 1. The van der Waals surface area contributed by atoms with Crippen LogP contribution in [-0.2, 0) is 6.54 Å². The first-order valence-corrected chi connectivity index (χ1v) is 6.04. The average Bonchev–Trinajstić information content (AvgIpc) is 2.63. The van der Waals surface area contributed by atoms with Gasteiger partial charge in [-0.25, -0.2) is 10.4 Å². The van der Waals surface area contributed by atoms with Crippen molar-refractivity contribution in [3.05, 3.63) is 16.3 Å². The third-order valence-corrected chi connectivity index (χ3v) is 3.54. The second kappa shape index (κ2) is 4.77. The molecular weight excluding hydrogens is 194 g/mol. The molecule has 4 heteroatoms. The van der Waals surface area contributed by atoms with Crippen molar-refractivity contribution in [1.82, 2.24) is 10.4 Å². The molecule has 1 aromatic heterocycles. The normalized spacial score (nSPS) is 18.6. The molecule has 1 aliphatic rings. The molecule has 0 spiro atoms. The molecule has 1 aromatic rings. The van der Waals surface area contributed by atoms with Gasteiger partial charge in [0.05, 0.1) is 0 Å². The Bertz CT molecular complexity index is 279. The third kappa shape index (κ3) is 2.47. The van der Waals surface area contributed by atoms with Gasteiger partial charge in [-0.1, -0.05) is 6.42 Å². The van der Waals surface area contributed by atoms with Crippen LogP contribution < -0.4 is 11.2 Å². The van der Waals surface area contributed by atoms with Gasteiger partial charge in [-0.3, -0.25) is 0 Å². The number of thiophene rings is 1. The molecule has 0 aliphatic carbocycles. The largest absolute Gasteiger partial charge is 0.398 e. The molecule has 0 unspecified atom stereocenters. The van der Waals surface area contributed by atoms with Gasteiger partial charge in [-0.2, -0.15) is 0 Å². The molecule has 2 rings (SSSR count). The van der Waals surface area contributed by atoms with Crippen LogP contribution in [0.4, 0.5) is 5.69 Å². The van der Waals surface area contributed by atoms with Crippen molar-refractivity contribution in [2.75, 3.05) is 18.8 Å². The van der Waals surface area contributed by atoms with E-state index in [1.165, 1.54) is 37.2 Å². The van der Waals surface area contributed by atoms with Gasteiger partial charge >= 0.3 is 0 Å². The molecule has 0 saturated carbocycles. The minimum atomic E-state index is 0.878. The number of nitrogen functional groups attached to an aromatic ring is 1. The lowest BCUT2D eigenvalue weighted by molar-refractivity contribution is 0.152. The Balaban J connectivity index is 1.79. The number of hydrazine groups is 1. The van der Waals surface area contributed by atoms with Crippen molar-refractivity contribution in [3.8, 4) is 0 Å². The van der Waals surface area contributed by atoms with E-state index >= 15 is 0 Å². The van der Waals surface area contributed by atoms with Crippen molar-refractivity contribution in [1.29, 1.82) is 0 Å². The van der Waals surface area contributed by atoms with E-state index in [0.717, 1.165) is 12.2 Å². The zero-order chi connectivity index (χ0) is 9.80. The SMILES string of the molecule is Nc1ccsc1CNN1CCCCC1. The van der Waals surface area contributed by atoms with Gasteiger partial charge in [0.1, 0.15) is 0 Å². The minimum absolute atomic E-state index is 0.878. The predicted molar refractivity (Wildman–Crippen MR) is 61.0 cm³/mol. The van der Waals surface area contributed by atoms with Crippen LogP contribution in [0, 0.1) is 0 Å². The number of nitrogens with one attached hydrogen (secondary N) is 1. The molecule has 0 radical (unpaired) electrons. The van der Waals surface area contributed by atoms with Crippen molar-refractivity contribution < 1.29 is 0 Å². The van der Waals surface area contributed by atoms with Crippen LogP contribution in [0.1, 0.15) is 24.1 Å². The fourth-order valence-corrected chi connectivity index (χ4v) is 2.46. The molecule has 0 aromatic carbocycles. The summed E-state index contributed by atoms with van der Waals surface area (Å²) >= 11 is 1.72. The van der Waals surface area contributed by atoms with Crippen LogP contribution in [0.5, 0.6) is 0 Å². The Labute approximate surface area is 88.9 Å². The van der Waals surface area contributed by atoms with Gasteiger partial charge in [-0.15, -0.1) is 11.3 Å². The molecule has 1 fully saturated rings. The van der Waals surface area contributed by atoms with Gasteiger partial charge in [0.25, 0.3) is 0 Å². The second-order valence-electron chi connectivity index (χ2n) is 3.68. The summed E-state index contributed by atoms with van der Waals surface area (Å²) in [5.74, 6) is 0. The lowest BCUT2D eigenvalue weighted by atomic mass is 10.2. The summed E-state index contributed by atoms with van der Waals surface area (Å²) in [7, 11) is 0. The highest BCUT2D eigenvalue weighted by molar-refractivity contribution is 7.10. The maximum absolute atomic E-state index is 5.81. The van der Waals surface area contributed by atoms with Crippen molar-refractivity contribution in [2.45, 2.75) is 25.8 Å². The van der Waals surface area contributed by atoms with Crippen LogP contribution >= 0.6 is 11.3 Å². The number of anilines is 1. The summed E-state index contributed by atoms with van der Waals surface area (Å²) in [5, 5.41) is 4.35. The van der Waals surface area contributed by atoms with E-state index in [4.69, 9.17) is 5.73 Å². The number of hydrogen-bond acceptors (Lipinski definition) is 4. The molecule has 3 N–H and O–H groups in total. The summed E-state index contributed by atoms with van der Waals surface area (Å²) in [4.78, 5) is 1.25. The highest BCUT2D eigenvalue weighted by Crippen LogP contribution is 2.18. The quantitative estimate of drug-likeness (QED) is 0.801. The first kappa shape index (κ1) is 9.96. The lowest BCUT2D eigenvalue weighted by Gasteiger charge is -2.26. The van der Waals surface area contributed by atoms with Gasteiger partial charge in [-0.05, 0) is 24.3 Å². The highest BCUT2D eigenvalue weighted by atomic mass is 32.1. The Morgan fingerprint density at radius 1 is 1.36 bits per heavy atom. The summed E-state index contributed by atoms with van der Waals surface area (Å²) in [6.45, 7) is 3.22. The topological polar surface area (TPSA) is 41.3 Å². The number of nitrogens with two attached hydrogens (primary N) is 1. The fourth-order valence-electron chi connectivity index (χ4n) is 1.73. The van der Waals surface area contributed by atoms with E-state index < -0.39 is 0 Å². The fraction of sp³-hybridized carbons (Fsp3) is 0.600. The van der Waals surface area contributed by atoms with Gasteiger partial charge in [0.15, 0.2) is 0 Å². The molecule has 0 bridgehead atoms. The Kier molecular flexibility index (Phi) is 3.39. The first-order valence-electron chi connectivity index (χ1n) is 5.16. The Morgan fingerprint density at radius 3 is 2.79 bits per heavy atom. The second-order valence-corrected chi connectivity index (χ2v) is 4.68. The van der Waals surface area contributed by atoms with Crippen LogP contribution in [0.15, 0.2) is 11.4 Å². The molecule has 2 heterocycles. The predicted octanol–water partition coefficient (Wildman–Crippen LogP) is 1.82. The molecule has 0 atom stereocenters. The van der Waals surface area contributed by atoms with Crippen LogP contribution in [0.2, 0.25) is 0 Å². The van der Waals surface area contributed by atoms with Gasteiger partial charge in [0, 0.05) is 30.2 Å².